The van der Waals surface area contributed by atoms with Crippen LogP contribution < -0.4 is 0 Å². The van der Waals surface area contributed by atoms with Gasteiger partial charge in [0.25, 0.3) is 5.91 Å². The number of hydrogen-bond acceptors (Lipinski definition) is 3. The highest BCUT2D eigenvalue weighted by atomic mass is 19.4. The predicted octanol–water partition coefficient (Wildman–Crippen LogP) is 4.45. The second-order valence-corrected chi connectivity index (χ2v) is 8.80. The van der Waals surface area contributed by atoms with Gasteiger partial charge in [0.15, 0.2) is 0 Å². The van der Waals surface area contributed by atoms with E-state index in [4.69, 9.17) is 0 Å². The second kappa shape index (κ2) is 9.11. The summed E-state index contributed by atoms with van der Waals surface area (Å²) in [5.41, 5.74) is -0.410. The van der Waals surface area contributed by atoms with Gasteiger partial charge in [-0.15, -0.1) is 0 Å². The SMILES string of the molecule is C[C@H]1CN(C(=O)c2cc(Cc3cc(C(F)(F)F)ccn3)ccc2F)CC(=O)N1C1CCCC1. The first-order chi connectivity index (χ1) is 15.6. The first-order valence-electron chi connectivity index (χ1n) is 11.0. The highest BCUT2D eigenvalue weighted by Crippen LogP contribution is 2.30. The fraction of sp³-hybridized carbons (Fsp3) is 0.458. The standard InChI is InChI=1S/C24H25F4N3O2/c1-15-13-30(14-22(32)31(15)19-4-2-3-5-19)23(33)20-11-16(6-7-21(20)25)10-18-12-17(8-9-29-18)24(26,27)28/h6-9,11-12,15,19H,2-5,10,13-14H2,1H3/t15-/m0/s1. The van der Waals surface area contributed by atoms with Crippen molar-refractivity contribution in [2.24, 2.45) is 0 Å². The molecule has 0 bridgehead atoms. The zero-order chi connectivity index (χ0) is 23.8. The van der Waals surface area contributed by atoms with Crippen LogP contribution in [0.1, 0.15) is 59.8 Å². The third kappa shape index (κ3) is 5.02. The number of nitrogens with zero attached hydrogens (tertiary/aromatic N) is 3. The number of carbonyl (C=O) groups excluding carboxylic acids is 2. The lowest BCUT2D eigenvalue weighted by atomic mass is 10.0. The Balaban J connectivity index is 1.51. The van der Waals surface area contributed by atoms with Gasteiger partial charge in [0.05, 0.1) is 11.1 Å². The Morgan fingerprint density at radius 1 is 1.15 bits per heavy atom. The maximum absolute atomic E-state index is 14.5. The molecule has 1 aliphatic carbocycles. The monoisotopic (exact) mass is 463 g/mol. The molecule has 1 saturated carbocycles. The van der Waals surface area contributed by atoms with E-state index in [0.29, 0.717) is 12.1 Å². The molecule has 9 heteroatoms. The molecule has 0 N–H and O–H groups in total. The summed E-state index contributed by atoms with van der Waals surface area (Å²) < 4.78 is 53.4. The molecule has 1 atom stereocenters. The summed E-state index contributed by atoms with van der Waals surface area (Å²) in [5.74, 6) is -1.48. The minimum Gasteiger partial charge on any atom is -0.334 e. The molecule has 176 valence electrons. The zero-order valence-corrected chi connectivity index (χ0v) is 18.2. The molecule has 1 aromatic carbocycles. The molecule has 1 aromatic heterocycles. The van der Waals surface area contributed by atoms with Crippen LogP contribution in [0, 0.1) is 5.82 Å². The van der Waals surface area contributed by atoms with E-state index < -0.39 is 23.5 Å². The lowest BCUT2D eigenvalue weighted by Crippen LogP contribution is -2.59. The van der Waals surface area contributed by atoms with Crippen LogP contribution in [-0.4, -0.2) is 51.8 Å². The molecule has 5 nitrogen and oxygen atoms in total. The van der Waals surface area contributed by atoms with Crippen molar-refractivity contribution >= 4 is 11.8 Å². The lowest BCUT2D eigenvalue weighted by molar-refractivity contribution is -0.141. The second-order valence-electron chi connectivity index (χ2n) is 8.80. The molecular weight excluding hydrogens is 438 g/mol. The molecule has 2 aromatic rings. The molecule has 2 fully saturated rings. The zero-order valence-electron chi connectivity index (χ0n) is 18.2. The quantitative estimate of drug-likeness (QED) is 0.630. The molecule has 2 heterocycles. The largest absolute Gasteiger partial charge is 0.416 e. The van der Waals surface area contributed by atoms with Crippen molar-refractivity contribution in [3.05, 3.63) is 64.7 Å². The maximum Gasteiger partial charge on any atom is 0.416 e. The Labute approximate surface area is 189 Å². The van der Waals surface area contributed by atoms with E-state index in [0.717, 1.165) is 50.1 Å². The summed E-state index contributed by atoms with van der Waals surface area (Å²) in [5, 5.41) is 0. The van der Waals surface area contributed by atoms with Crippen LogP contribution in [0.5, 0.6) is 0 Å². The molecule has 0 unspecified atom stereocenters. The van der Waals surface area contributed by atoms with Gasteiger partial charge in [-0.1, -0.05) is 18.9 Å². The third-order valence-electron chi connectivity index (χ3n) is 6.37. The van der Waals surface area contributed by atoms with Crippen LogP contribution in [0.15, 0.2) is 36.5 Å². The number of halogens is 4. The minimum absolute atomic E-state index is 0.00920. The summed E-state index contributed by atoms with van der Waals surface area (Å²) in [4.78, 5) is 33.0. The maximum atomic E-state index is 14.5. The summed E-state index contributed by atoms with van der Waals surface area (Å²) in [7, 11) is 0. The van der Waals surface area contributed by atoms with Crippen LogP contribution in [0.3, 0.4) is 0 Å². The van der Waals surface area contributed by atoms with Crippen LogP contribution in [0.2, 0.25) is 0 Å². The van der Waals surface area contributed by atoms with E-state index in [9.17, 15) is 27.2 Å². The molecule has 0 radical (unpaired) electrons. The Kier molecular flexibility index (Phi) is 6.41. The van der Waals surface area contributed by atoms with E-state index in [1.54, 1.807) is 0 Å². The van der Waals surface area contributed by atoms with Crippen molar-refractivity contribution in [1.82, 2.24) is 14.8 Å². The number of amides is 2. The molecule has 33 heavy (non-hydrogen) atoms. The van der Waals surface area contributed by atoms with Crippen molar-refractivity contribution < 1.29 is 27.2 Å². The molecule has 4 rings (SSSR count). The molecule has 0 spiro atoms. The fourth-order valence-corrected chi connectivity index (χ4v) is 4.84. The average Bonchev–Trinajstić information content (AvgIpc) is 3.28. The van der Waals surface area contributed by atoms with Gasteiger partial charge in [-0.2, -0.15) is 13.2 Å². The fourth-order valence-electron chi connectivity index (χ4n) is 4.84. The number of aromatic nitrogens is 1. The van der Waals surface area contributed by atoms with Gasteiger partial charge in [0, 0.05) is 36.9 Å². The normalized spacial score (nSPS) is 19.9. The van der Waals surface area contributed by atoms with E-state index in [2.05, 4.69) is 4.98 Å². The summed E-state index contributed by atoms with van der Waals surface area (Å²) in [6.45, 7) is 2.08. The summed E-state index contributed by atoms with van der Waals surface area (Å²) in [6, 6.07) is 5.72. The third-order valence-corrected chi connectivity index (χ3v) is 6.37. The van der Waals surface area contributed by atoms with Crippen LogP contribution in [-0.2, 0) is 17.4 Å². The lowest BCUT2D eigenvalue weighted by Gasteiger charge is -2.42. The molecule has 1 saturated heterocycles. The number of piperazine rings is 1. The van der Waals surface area contributed by atoms with Gasteiger partial charge in [-0.05, 0) is 49.6 Å². The average molecular weight is 463 g/mol. The van der Waals surface area contributed by atoms with Crippen molar-refractivity contribution in [2.75, 3.05) is 13.1 Å². The summed E-state index contributed by atoms with van der Waals surface area (Å²) >= 11 is 0. The summed E-state index contributed by atoms with van der Waals surface area (Å²) in [6.07, 6.45) is 0.685. The van der Waals surface area contributed by atoms with Crippen molar-refractivity contribution in [1.29, 1.82) is 0 Å². The number of benzene rings is 1. The number of rotatable bonds is 4. The Hall–Kier alpha value is -2.97. The van der Waals surface area contributed by atoms with Crippen LogP contribution in [0.4, 0.5) is 17.6 Å². The Morgan fingerprint density at radius 2 is 1.88 bits per heavy atom. The number of carbonyl (C=O) groups is 2. The molecule has 2 aliphatic rings. The van der Waals surface area contributed by atoms with Gasteiger partial charge in [0.2, 0.25) is 5.91 Å². The molecular formula is C24H25F4N3O2. The van der Waals surface area contributed by atoms with Gasteiger partial charge in [0.1, 0.15) is 12.4 Å². The van der Waals surface area contributed by atoms with E-state index in [-0.39, 0.29) is 42.2 Å². The predicted molar refractivity (Wildman–Crippen MR) is 113 cm³/mol. The first kappa shape index (κ1) is 23.2. The van der Waals surface area contributed by atoms with Gasteiger partial charge in [-0.25, -0.2) is 4.39 Å². The smallest absolute Gasteiger partial charge is 0.334 e. The molecule has 2 amide bonds. The minimum atomic E-state index is -4.49. The number of alkyl halides is 3. The van der Waals surface area contributed by atoms with Crippen LogP contribution in [0.25, 0.3) is 0 Å². The topological polar surface area (TPSA) is 53.5 Å². The first-order valence-corrected chi connectivity index (χ1v) is 11.0. The van der Waals surface area contributed by atoms with Gasteiger partial charge in [-0.3, -0.25) is 14.6 Å². The van der Waals surface area contributed by atoms with Crippen LogP contribution >= 0.6 is 0 Å². The highest BCUT2D eigenvalue weighted by Gasteiger charge is 2.38. The highest BCUT2D eigenvalue weighted by molar-refractivity contribution is 5.97. The Morgan fingerprint density at radius 3 is 2.55 bits per heavy atom. The van der Waals surface area contributed by atoms with E-state index >= 15 is 0 Å². The van der Waals surface area contributed by atoms with E-state index in [1.807, 2.05) is 11.8 Å². The number of hydrogen-bond donors (Lipinski definition) is 0. The number of pyridine rings is 1. The Bertz CT molecular complexity index is 1050. The van der Waals surface area contributed by atoms with Crippen molar-refractivity contribution in [3.8, 4) is 0 Å². The van der Waals surface area contributed by atoms with Crippen molar-refractivity contribution in [2.45, 2.75) is 57.3 Å². The van der Waals surface area contributed by atoms with Gasteiger partial charge < -0.3 is 9.80 Å². The van der Waals surface area contributed by atoms with Crippen molar-refractivity contribution in [3.63, 3.8) is 0 Å². The van der Waals surface area contributed by atoms with Gasteiger partial charge >= 0.3 is 6.18 Å². The van der Waals surface area contributed by atoms with E-state index in [1.165, 1.54) is 17.0 Å². The molecule has 1 aliphatic heterocycles.